The van der Waals surface area contributed by atoms with Crippen molar-refractivity contribution in [2.45, 2.75) is 13.5 Å². The maximum Gasteiger partial charge on any atom is 0.269 e. The summed E-state index contributed by atoms with van der Waals surface area (Å²) in [6.07, 6.45) is 1.36. The minimum absolute atomic E-state index is 0.276. The highest BCUT2D eigenvalue weighted by Crippen LogP contribution is 2.22. The lowest BCUT2D eigenvalue weighted by atomic mass is 10.1. The van der Waals surface area contributed by atoms with Gasteiger partial charge in [-0.05, 0) is 36.2 Å². The van der Waals surface area contributed by atoms with Gasteiger partial charge in [-0.3, -0.25) is 15.6 Å². The second-order valence-electron chi connectivity index (χ2n) is 5.86. The summed E-state index contributed by atoms with van der Waals surface area (Å²) in [5.74, 6) is 0.500. The van der Waals surface area contributed by atoms with E-state index in [-0.39, 0.29) is 5.91 Å². The first-order valence-corrected chi connectivity index (χ1v) is 8.63. The first-order valence-electron chi connectivity index (χ1n) is 8.25. The highest BCUT2D eigenvalue weighted by atomic mass is 35.5. The number of halogens is 1. The molecule has 3 aromatic rings. The van der Waals surface area contributed by atoms with E-state index in [2.05, 4.69) is 26.1 Å². The lowest BCUT2D eigenvalue weighted by Gasteiger charge is -2.13. The lowest BCUT2D eigenvalue weighted by molar-refractivity contribution is 0.0962. The number of nitrogens with zero attached hydrogens (tertiary/aromatic N) is 2. The Bertz CT molecular complexity index is 945. The molecule has 138 valence electrons. The second-order valence-corrected chi connectivity index (χ2v) is 6.30. The molecule has 0 atom stereocenters. The van der Waals surface area contributed by atoms with Crippen LogP contribution in [0.25, 0.3) is 0 Å². The van der Waals surface area contributed by atoms with Crippen molar-refractivity contribution in [3.05, 3.63) is 76.6 Å². The number of carbonyl (C=O) groups excluding carboxylic acids is 1. The van der Waals surface area contributed by atoms with Crippen molar-refractivity contribution in [3.63, 3.8) is 0 Å². The zero-order valence-corrected chi connectivity index (χ0v) is 15.4. The zero-order chi connectivity index (χ0) is 19.2. The van der Waals surface area contributed by atoms with E-state index in [0.29, 0.717) is 34.5 Å². The Hall–Kier alpha value is -3.32. The summed E-state index contributed by atoms with van der Waals surface area (Å²) in [6, 6.07) is 14.7. The molecule has 1 amide bonds. The number of nitrogens with two attached hydrogens (primary N) is 1. The van der Waals surface area contributed by atoms with Crippen molar-refractivity contribution in [1.29, 1.82) is 0 Å². The number of hydrogen-bond donors (Lipinski definition) is 4. The summed E-state index contributed by atoms with van der Waals surface area (Å²) in [5, 5.41) is 3.82. The van der Waals surface area contributed by atoms with Crippen LogP contribution >= 0.6 is 11.6 Å². The average Bonchev–Trinajstić information content (AvgIpc) is 2.67. The van der Waals surface area contributed by atoms with Crippen LogP contribution in [-0.4, -0.2) is 15.9 Å². The molecule has 3 rings (SSSR count). The minimum atomic E-state index is -0.276. The number of benzene rings is 2. The van der Waals surface area contributed by atoms with Crippen molar-refractivity contribution < 1.29 is 4.79 Å². The number of amides is 1. The van der Waals surface area contributed by atoms with Crippen LogP contribution in [0.4, 0.5) is 17.3 Å². The Labute approximate surface area is 162 Å². The average molecular weight is 383 g/mol. The smallest absolute Gasteiger partial charge is 0.269 e. The molecule has 1 aromatic heterocycles. The Kier molecular flexibility index (Phi) is 5.73. The predicted octanol–water partition coefficient (Wildman–Crippen LogP) is 3.39. The summed E-state index contributed by atoms with van der Waals surface area (Å²) in [4.78, 5) is 20.5. The molecule has 0 spiro atoms. The molecule has 27 heavy (non-hydrogen) atoms. The molecule has 0 bridgehead atoms. The molecular formula is C19H19ClN6O. The quantitative estimate of drug-likeness (QED) is 0.487. The van der Waals surface area contributed by atoms with Crippen LogP contribution in [0.2, 0.25) is 5.02 Å². The Morgan fingerprint density at radius 3 is 2.52 bits per heavy atom. The maximum atomic E-state index is 12.3. The fourth-order valence-electron chi connectivity index (χ4n) is 2.44. The number of aryl methyl sites for hydroxylation is 1. The lowest BCUT2D eigenvalue weighted by Crippen LogP contribution is -2.31. The monoisotopic (exact) mass is 382 g/mol. The van der Waals surface area contributed by atoms with Gasteiger partial charge in [0.25, 0.3) is 5.91 Å². The van der Waals surface area contributed by atoms with E-state index in [1.54, 1.807) is 12.1 Å². The molecule has 7 nitrogen and oxygen atoms in total. The third kappa shape index (κ3) is 4.65. The van der Waals surface area contributed by atoms with E-state index >= 15 is 0 Å². The highest BCUT2D eigenvalue weighted by molar-refractivity contribution is 6.30. The van der Waals surface area contributed by atoms with Gasteiger partial charge in [-0.2, -0.15) is 0 Å². The molecule has 5 N–H and O–H groups in total. The standard InChI is InChI=1S/C19H19ClN6O/c1-12-4-2-3-5-15(12)19(27)26-25-18-16(21)17(23-11-24-18)22-10-13-6-8-14(20)9-7-13/h2-9,11H,10,21H2,1H3,(H,26,27)(H2,22,23,24,25). The number of nitrogen functional groups attached to an aromatic ring is 1. The van der Waals surface area contributed by atoms with E-state index < -0.39 is 0 Å². The topological polar surface area (TPSA) is 105 Å². The third-order valence-electron chi connectivity index (χ3n) is 3.94. The molecule has 0 saturated carbocycles. The number of hydrogen-bond acceptors (Lipinski definition) is 6. The molecule has 1 heterocycles. The molecule has 0 aliphatic heterocycles. The van der Waals surface area contributed by atoms with Crippen LogP contribution in [0, 0.1) is 6.92 Å². The molecule has 0 aliphatic rings. The largest absolute Gasteiger partial charge is 0.393 e. The molecule has 0 saturated heterocycles. The number of anilines is 3. The van der Waals surface area contributed by atoms with Crippen LogP contribution in [0.15, 0.2) is 54.9 Å². The number of rotatable bonds is 6. The molecular weight excluding hydrogens is 364 g/mol. The molecule has 0 radical (unpaired) electrons. The first-order chi connectivity index (χ1) is 13.0. The van der Waals surface area contributed by atoms with Gasteiger partial charge in [-0.25, -0.2) is 9.97 Å². The molecule has 0 fully saturated rings. The Balaban J connectivity index is 1.65. The molecule has 0 aliphatic carbocycles. The number of nitrogens with one attached hydrogen (secondary N) is 3. The van der Waals surface area contributed by atoms with E-state index in [0.717, 1.165) is 11.1 Å². The van der Waals surface area contributed by atoms with Crippen LogP contribution < -0.4 is 21.9 Å². The van der Waals surface area contributed by atoms with Gasteiger partial charge in [0.05, 0.1) is 0 Å². The minimum Gasteiger partial charge on any atom is -0.393 e. The Morgan fingerprint density at radius 2 is 1.78 bits per heavy atom. The van der Waals surface area contributed by atoms with Gasteiger partial charge in [0.1, 0.15) is 12.0 Å². The van der Waals surface area contributed by atoms with Gasteiger partial charge in [-0.15, -0.1) is 0 Å². The molecule has 0 unspecified atom stereocenters. The van der Waals surface area contributed by atoms with Crippen molar-refractivity contribution >= 4 is 34.8 Å². The predicted molar refractivity (Wildman–Crippen MR) is 107 cm³/mol. The van der Waals surface area contributed by atoms with Crippen LogP contribution in [0.1, 0.15) is 21.5 Å². The van der Waals surface area contributed by atoms with E-state index in [1.165, 1.54) is 6.33 Å². The van der Waals surface area contributed by atoms with Gasteiger partial charge < -0.3 is 11.1 Å². The maximum absolute atomic E-state index is 12.3. The fourth-order valence-corrected chi connectivity index (χ4v) is 2.56. The van der Waals surface area contributed by atoms with Gasteiger partial charge in [0, 0.05) is 17.1 Å². The second kappa shape index (κ2) is 8.37. The van der Waals surface area contributed by atoms with Gasteiger partial charge in [0.15, 0.2) is 11.6 Å². The Morgan fingerprint density at radius 1 is 1.07 bits per heavy atom. The van der Waals surface area contributed by atoms with Crippen molar-refractivity contribution in [3.8, 4) is 0 Å². The molecule has 8 heteroatoms. The highest BCUT2D eigenvalue weighted by Gasteiger charge is 2.11. The summed E-state index contributed by atoms with van der Waals surface area (Å²) in [6.45, 7) is 2.39. The van der Waals surface area contributed by atoms with E-state index in [4.69, 9.17) is 17.3 Å². The number of aromatic nitrogens is 2. The number of hydrazine groups is 1. The van der Waals surface area contributed by atoms with E-state index in [1.807, 2.05) is 43.3 Å². The van der Waals surface area contributed by atoms with Crippen molar-refractivity contribution in [1.82, 2.24) is 15.4 Å². The van der Waals surface area contributed by atoms with Crippen molar-refractivity contribution in [2.75, 3.05) is 16.5 Å². The zero-order valence-electron chi connectivity index (χ0n) is 14.7. The summed E-state index contributed by atoms with van der Waals surface area (Å²) in [5.41, 5.74) is 14.2. The van der Waals surface area contributed by atoms with Gasteiger partial charge >= 0.3 is 0 Å². The van der Waals surface area contributed by atoms with Crippen LogP contribution in [0.3, 0.4) is 0 Å². The third-order valence-corrected chi connectivity index (χ3v) is 4.19. The van der Waals surface area contributed by atoms with Gasteiger partial charge in [0.2, 0.25) is 0 Å². The van der Waals surface area contributed by atoms with Crippen LogP contribution in [-0.2, 0) is 6.54 Å². The van der Waals surface area contributed by atoms with Crippen LogP contribution in [0.5, 0.6) is 0 Å². The first kappa shape index (κ1) is 18.5. The number of carbonyl (C=O) groups is 1. The SMILES string of the molecule is Cc1ccccc1C(=O)NNc1ncnc(NCc2ccc(Cl)cc2)c1N. The summed E-state index contributed by atoms with van der Waals surface area (Å²) in [7, 11) is 0. The summed E-state index contributed by atoms with van der Waals surface area (Å²) < 4.78 is 0. The summed E-state index contributed by atoms with van der Waals surface area (Å²) >= 11 is 5.89. The fraction of sp³-hybridized carbons (Fsp3) is 0.105. The molecule has 2 aromatic carbocycles. The van der Waals surface area contributed by atoms with Crippen molar-refractivity contribution in [2.24, 2.45) is 0 Å². The van der Waals surface area contributed by atoms with E-state index in [9.17, 15) is 4.79 Å². The normalized spacial score (nSPS) is 10.3. The van der Waals surface area contributed by atoms with Gasteiger partial charge in [-0.1, -0.05) is 41.9 Å².